The van der Waals surface area contributed by atoms with E-state index in [0.29, 0.717) is 37.3 Å². The van der Waals surface area contributed by atoms with E-state index in [2.05, 4.69) is 10.2 Å². The van der Waals surface area contributed by atoms with E-state index in [0.717, 1.165) is 11.3 Å². The fourth-order valence-corrected chi connectivity index (χ4v) is 3.64. The van der Waals surface area contributed by atoms with Crippen molar-refractivity contribution in [2.75, 3.05) is 13.1 Å². The van der Waals surface area contributed by atoms with Gasteiger partial charge in [0.2, 0.25) is 0 Å². The monoisotopic (exact) mass is 380 g/mol. The van der Waals surface area contributed by atoms with E-state index in [1.54, 1.807) is 9.47 Å². The van der Waals surface area contributed by atoms with Crippen LogP contribution in [0, 0.1) is 12.7 Å². The van der Waals surface area contributed by atoms with Crippen LogP contribution in [0.4, 0.5) is 4.39 Å². The molecule has 1 amide bonds. The van der Waals surface area contributed by atoms with Crippen LogP contribution in [0.5, 0.6) is 0 Å². The molecule has 0 aliphatic carbocycles. The first-order chi connectivity index (χ1) is 13.5. The smallest absolute Gasteiger partial charge is 0.339 e. The molecule has 3 aromatic rings. The number of H-pyrrole nitrogens is 1. The van der Waals surface area contributed by atoms with Crippen LogP contribution < -0.4 is 5.69 Å². The van der Waals surface area contributed by atoms with Crippen LogP contribution in [0.2, 0.25) is 0 Å². The van der Waals surface area contributed by atoms with Gasteiger partial charge in [-0.2, -0.15) is 5.10 Å². The van der Waals surface area contributed by atoms with Crippen molar-refractivity contribution >= 4 is 5.91 Å². The molecular formula is C21H21FN4O2. The quantitative estimate of drug-likeness (QED) is 0.759. The van der Waals surface area contributed by atoms with Crippen LogP contribution in [0.3, 0.4) is 0 Å². The Hall–Kier alpha value is -3.22. The maximum Gasteiger partial charge on any atom is 0.347 e. The molecule has 6 nitrogen and oxygen atoms in total. The second-order valence-corrected chi connectivity index (χ2v) is 7.13. The van der Waals surface area contributed by atoms with Gasteiger partial charge in [-0.1, -0.05) is 17.7 Å². The minimum Gasteiger partial charge on any atom is -0.339 e. The number of likely N-dealkylation sites (tertiary alicyclic amines) is 1. The molecule has 0 radical (unpaired) electrons. The largest absolute Gasteiger partial charge is 0.347 e. The second-order valence-electron chi connectivity index (χ2n) is 7.13. The van der Waals surface area contributed by atoms with Crippen molar-refractivity contribution < 1.29 is 9.18 Å². The standard InChI is InChI=1S/C21H21FN4O2/c1-14-2-8-18(9-3-14)26-19(23-24-21(26)28)15-10-12-25(13-11-15)20(27)16-4-6-17(22)7-5-16/h2-9,15H,10-13H2,1H3,(H,24,28). The fourth-order valence-electron chi connectivity index (χ4n) is 3.64. The third-order valence-electron chi connectivity index (χ3n) is 5.23. The highest BCUT2D eigenvalue weighted by molar-refractivity contribution is 5.94. The minimum atomic E-state index is -0.358. The predicted molar refractivity (Wildman–Crippen MR) is 103 cm³/mol. The van der Waals surface area contributed by atoms with E-state index < -0.39 is 0 Å². The number of benzene rings is 2. The molecule has 0 bridgehead atoms. The van der Waals surface area contributed by atoms with Crippen LogP contribution >= 0.6 is 0 Å². The van der Waals surface area contributed by atoms with Gasteiger partial charge in [0.25, 0.3) is 5.91 Å². The van der Waals surface area contributed by atoms with Gasteiger partial charge in [-0.25, -0.2) is 18.9 Å². The highest BCUT2D eigenvalue weighted by Gasteiger charge is 2.28. The summed E-state index contributed by atoms with van der Waals surface area (Å²) >= 11 is 0. The normalized spacial score (nSPS) is 15.0. The molecule has 1 N–H and O–H groups in total. The van der Waals surface area contributed by atoms with Gasteiger partial charge in [-0.05, 0) is 56.2 Å². The van der Waals surface area contributed by atoms with E-state index in [9.17, 15) is 14.0 Å². The Morgan fingerprint density at radius 1 is 1.07 bits per heavy atom. The number of nitrogens with zero attached hydrogens (tertiary/aromatic N) is 3. The number of rotatable bonds is 3. The van der Waals surface area contributed by atoms with Crippen molar-refractivity contribution in [3.63, 3.8) is 0 Å². The number of aryl methyl sites for hydroxylation is 1. The highest BCUT2D eigenvalue weighted by atomic mass is 19.1. The molecule has 0 spiro atoms. The van der Waals surface area contributed by atoms with Gasteiger partial charge in [0.05, 0.1) is 5.69 Å². The lowest BCUT2D eigenvalue weighted by Crippen LogP contribution is -2.38. The Labute approximate surface area is 161 Å². The molecule has 1 fully saturated rings. The van der Waals surface area contributed by atoms with E-state index in [-0.39, 0.29) is 23.3 Å². The van der Waals surface area contributed by atoms with Crippen molar-refractivity contribution in [2.45, 2.75) is 25.7 Å². The molecule has 1 aliphatic heterocycles. The lowest BCUT2D eigenvalue weighted by Gasteiger charge is -2.31. The number of aromatic nitrogens is 3. The molecule has 1 saturated heterocycles. The molecule has 144 valence electrons. The number of hydrogen-bond acceptors (Lipinski definition) is 3. The average Bonchev–Trinajstić information content (AvgIpc) is 3.10. The van der Waals surface area contributed by atoms with E-state index in [1.807, 2.05) is 31.2 Å². The molecule has 0 saturated carbocycles. The molecule has 2 heterocycles. The second kappa shape index (κ2) is 7.42. The summed E-state index contributed by atoms with van der Waals surface area (Å²) in [5.41, 5.74) is 2.12. The predicted octanol–water partition coefficient (Wildman–Crippen LogP) is 3.03. The van der Waals surface area contributed by atoms with Gasteiger partial charge in [-0.3, -0.25) is 4.79 Å². The maximum atomic E-state index is 13.1. The van der Waals surface area contributed by atoms with E-state index in [1.165, 1.54) is 24.3 Å². The van der Waals surface area contributed by atoms with Gasteiger partial charge in [-0.15, -0.1) is 0 Å². The van der Waals surface area contributed by atoms with Gasteiger partial charge in [0.1, 0.15) is 11.6 Å². The number of carbonyl (C=O) groups is 1. The molecular weight excluding hydrogens is 359 g/mol. The summed E-state index contributed by atoms with van der Waals surface area (Å²) in [4.78, 5) is 26.7. The Morgan fingerprint density at radius 3 is 2.36 bits per heavy atom. The van der Waals surface area contributed by atoms with Crippen LogP contribution in [-0.4, -0.2) is 38.7 Å². The average molecular weight is 380 g/mol. The fraction of sp³-hybridized carbons (Fsp3) is 0.286. The molecule has 0 unspecified atom stereocenters. The maximum absolute atomic E-state index is 13.1. The molecule has 4 rings (SSSR count). The van der Waals surface area contributed by atoms with Gasteiger partial charge in [0, 0.05) is 24.6 Å². The van der Waals surface area contributed by atoms with Crippen molar-refractivity contribution in [2.24, 2.45) is 0 Å². The zero-order chi connectivity index (χ0) is 19.7. The first-order valence-corrected chi connectivity index (χ1v) is 9.32. The topological polar surface area (TPSA) is 71.0 Å². The highest BCUT2D eigenvalue weighted by Crippen LogP contribution is 2.28. The number of aromatic amines is 1. The summed E-state index contributed by atoms with van der Waals surface area (Å²) in [6.45, 7) is 3.13. The Morgan fingerprint density at radius 2 is 1.71 bits per heavy atom. The summed E-state index contributed by atoms with van der Waals surface area (Å²) in [5, 5.41) is 6.81. The van der Waals surface area contributed by atoms with Gasteiger partial charge >= 0.3 is 5.69 Å². The molecule has 1 aliphatic rings. The summed E-state index contributed by atoms with van der Waals surface area (Å²) in [7, 11) is 0. The summed E-state index contributed by atoms with van der Waals surface area (Å²) in [6, 6.07) is 13.3. The van der Waals surface area contributed by atoms with E-state index in [4.69, 9.17) is 0 Å². The Balaban J connectivity index is 1.50. The minimum absolute atomic E-state index is 0.0810. The van der Waals surface area contributed by atoms with Crippen LogP contribution in [0.15, 0.2) is 53.3 Å². The van der Waals surface area contributed by atoms with Crippen LogP contribution in [0.25, 0.3) is 5.69 Å². The number of piperidine rings is 1. The summed E-state index contributed by atoms with van der Waals surface area (Å²) in [5.74, 6) is 0.319. The van der Waals surface area contributed by atoms with Crippen LogP contribution in [0.1, 0.15) is 40.5 Å². The molecule has 2 aromatic carbocycles. The zero-order valence-corrected chi connectivity index (χ0v) is 15.6. The van der Waals surface area contributed by atoms with E-state index >= 15 is 0 Å². The lowest BCUT2D eigenvalue weighted by atomic mass is 9.95. The van der Waals surface area contributed by atoms with Crippen molar-refractivity contribution in [1.82, 2.24) is 19.7 Å². The molecule has 7 heteroatoms. The van der Waals surface area contributed by atoms with Gasteiger partial charge < -0.3 is 4.90 Å². The summed E-state index contributed by atoms with van der Waals surface area (Å²) < 4.78 is 14.7. The Kier molecular flexibility index (Phi) is 4.81. The number of hydrogen-bond donors (Lipinski definition) is 1. The number of nitrogens with one attached hydrogen (secondary N) is 1. The van der Waals surface area contributed by atoms with Crippen molar-refractivity contribution in [1.29, 1.82) is 0 Å². The van der Waals surface area contributed by atoms with Gasteiger partial charge in [0.15, 0.2) is 0 Å². The summed E-state index contributed by atoms with van der Waals surface area (Å²) in [6.07, 6.45) is 1.42. The first kappa shape index (κ1) is 18.2. The lowest BCUT2D eigenvalue weighted by molar-refractivity contribution is 0.0710. The number of carbonyl (C=O) groups excluding carboxylic acids is 1. The number of amides is 1. The number of halogens is 1. The van der Waals surface area contributed by atoms with Crippen molar-refractivity contribution in [3.05, 3.63) is 81.8 Å². The molecule has 0 atom stereocenters. The Bertz CT molecular complexity index is 1030. The zero-order valence-electron chi connectivity index (χ0n) is 15.6. The van der Waals surface area contributed by atoms with Crippen LogP contribution in [-0.2, 0) is 0 Å². The van der Waals surface area contributed by atoms with Crippen molar-refractivity contribution in [3.8, 4) is 5.69 Å². The third kappa shape index (κ3) is 3.47. The molecule has 28 heavy (non-hydrogen) atoms. The SMILES string of the molecule is Cc1ccc(-n2c(C3CCN(C(=O)c4ccc(F)cc4)CC3)n[nH]c2=O)cc1. The first-order valence-electron chi connectivity index (χ1n) is 9.32. The molecule has 1 aromatic heterocycles. The third-order valence-corrected chi connectivity index (χ3v) is 5.23.